The number of hydrogen-bond acceptors (Lipinski definition) is 4. The van der Waals surface area contributed by atoms with Crippen LogP contribution in [-0.2, 0) is 0 Å². The number of rotatable bonds is 5. The highest BCUT2D eigenvalue weighted by atomic mass is 16.4. The van der Waals surface area contributed by atoms with Gasteiger partial charge < -0.3 is 15.5 Å². The Labute approximate surface area is 123 Å². The minimum Gasteiger partial charge on any atom is -0.477 e. The molecule has 1 heterocycles. The number of nitrogens with one attached hydrogen (secondary N) is 1. The van der Waals surface area contributed by atoms with E-state index in [9.17, 15) is 9.90 Å². The molecule has 0 bridgehead atoms. The number of carboxylic acid groups (broad SMARTS) is 1. The number of aromatic nitrogens is 1. The van der Waals surface area contributed by atoms with Gasteiger partial charge in [-0.1, -0.05) is 35.4 Å². The Morgan fingerprint density at radius 1 is 1.24 bits per heavy atom. The number of carbonyl (C=O) groups is 1. The summed E-state index contributed by atoms with van der Waals surface area (Å²) >= 11 is 0. The summed E-state index contributed by atoms with van der Waals surface area (Å²) in [6.45, 7) is 4.22. The lowest BCUT2D eigenvalue weighted by atomic mass is 10.0. The molecule has 1 aromatic heterocycles. The van der Waals surface area contributed by atoms with Gasteiger partial charge in [-0.3, -0.25) is 0 Å². The van der Waals surface area contributed by atoms with Crippen molar-refractivity contribution < 1.29 is 15.0 Å². The van der Waals surface area contributed by atoms with Gasteiger partial charge in [0, 0.05) is 6.54 Å². The summed E-state index contributed by atoms with van der Waals surface area (Å²) in [5.74, 6) is -0.646. The fourth-order valence-electron chi connectivity index (χ4n) is 2.17. The van der Waals surface area contributed by atoms with Gasteiger partial charge in [0.2, 0.25) is 0 Å². The van der Waals surface area contributed by atoms with E-state index in [4.69, 9.17) is 5.11 Å². The summed E-state index contributed by atoms with van der Waals surface area (Å²) in [6, 6.07) is 10.6. The Hall–Kier alpha value is -2.40. The standard InChI is InChI=1S/C16H18N2O3/c1-10-6-11(2)8-12(7-10)14(19)9-17-15-5-3-4-13(18-15)16(20)21/h3-8,14,19H,9H2,1-2H3,(H,17,18)(H,20,21). The Balaban J connectivity index is 2.05. The lowest BCUT2D eigenvalue weighted by Crippen LogP contribution is -2.14. The van der Waals surface area contributed by atoms with Gasteiger partial charge in [0.25, 0.3) is 0 Å². The maximum Gasteiger partial charge on any atom is 0.354 e. The molecule has 3 N–H and O–H groups in total. The molecule has 0 amide bonds. The van der Waals surface area contributed by atoms with Crippen LogP contribution in [0.2, 0.25) is 0 Å². The van der Waals surface area contributed by atoms with E-state index in [0.29, 0.717) is 5.82 Å². The quantitative estimate of drug-likeness (QED) is 0.787. The zero-order valence-corrected chi connectivity index (χ0v) is 12.0. The first-order valence-corrected chi connectivity index (χ1v) is 6.66. The predicted octanol–water partition coefficient (Wildman–Crippen LogP) is 2.54. The van der Waals surface area contributed by atoms with E-state index in [2.05, 4.69) is 10.3 Å². The molecule has 0 saturated carbocycles. The van der Waals surface area contributed by atoms with Crippen LogP contribution in [-0.4, -0.2) is 27.7 Å². The fourth-order valence-corrected chi connectivity index (χ4v) is 2.17. The average molecular weight is 286 g/mol. The lowest BCUT2D eigenvalue weighted by Gasteiger charge is -2.14. The van der Waals surface area contributed by atoms with Gasteiger partial charge >= 0.3 is 5.97 Å². The molecule has 0 spiro atoms. The number of aromatic carboxylic acids is 1. The van der Waals surface area contributed by atoms with Crippen molar-refractivity contribution in [2.75, 3.05) is 11.9 Å². The second kappa shape index (κ2) is 6.37. The minimum atomic E-state index is -1.08. The number of nitrogens with zero attached hydrogens (tertiary/aromatic N) is 1. The van der Waals surface area contributed by atoms with Gasteiger partial charge in [-0.05, 0) is 31.5 Å². The van der Waals surface area contributed by atoms with Crippen LogP contribution in [0.3, 0.4) is 0 Å². The molecule has 1 aromatic carbocycles. The van der Waals surface area contributed by atoms with Crippen LogP contribution in [0.25, 0.3) is 0 Å². The molecule has 5 nitrogen and oxygen atoms in total. The monoisotopic (exact) mass is 286 g/mol. The van der Waals surface area contributed by atoms with E-state index in [1.165, 1.54) is 6.07 Å². The smallest absolute Gasteiger partial charge is 0.354 e. The molecule has 110 valence electrons. The second-order valence-corrected chi connectivity index (χ2v) is 5.03. The number of hydrogen-bond donors (Lipinski definition) is 3. The van der Waals surface area contributed by atoms with Gasteiger partial charge in [0.1, 0.15) is 5.82 Å². The number of aliphatic hydroxyl groups is 1. The van der Waals surface area contributed by atoms with E-state index in [-0.39, 0.29) is 12.2 Å². The third-order valence-corrected chi connectivity index (χ3v) is 3.07. The van der Waals surface area contributed by atoms with E-state index >= 15 is 0 Å². The number of pyridine rings is 1. The van der Waals surface area contributed by atoms with Crippen LogP contribution in [0.1, 0.15) is 33.3 Å². The molecule has 0 aliphatic carbocycles. The van der Waals surface area contributed by atoms with Crippen molar-refractivity contribution in [2.45, 2.75) is 20.0 Å². The predicted molar refractivity (Wildman–Crippen MR) is 80.6 cm³/mol. The molecule has 0 radical (unpaired) electrons. The van der Waals surface area contributed by atoms with Gasteiger partial charge in [-0.15, -0.1) is 0 Å². The molecule has 0 aliphatic heterocycles. The zero-order valence-electron chi connectivity index (χ0n) is 12.0. The molecule has 0 saturated heterocycles. The highest BCUT2D eigenvalue weighted by molar-refractivity contribution is 5.85. The first kappa shape index (κ1) is 15.0. The van der Waals surface area contributed by atoms with Gasteiger partial charge in [0.05, 0.1) is 6.10 Å². The average Bonchev–Trinajstić information content (AvgIpc) is 2.44. The van der Waals surface area contributed by atoms with Crippen LogP contribution in [0.4, 0.5) is 5.82 Å². The van der Waals surface area contributed by atoms with Crippen molar-refractivity contribution in [2.24, 2.45) is 0 Å². The van der Waals surface area contributed by atoms with Crippen molar-refractivity contribution >= 4 is 11.8 Å². The highest BCUT2D eigenvalue weighted by Crippen LogP contribution is 2.17. The number of aryl methyl sites for hydroxylation is 2. The molecule has 5 heteroatoms. The minimum absolute atomic E-state index is 0.0270. The Morgan fingerprint density at radius 3 is 2.52 bits per heavy atom. The maximum atomic E-state index is 10.8. The van der Waals surface area contributed by atoms with Crippen LogP contribution in [0.5, 0.6) is 0 Å². The van der Waals surface area contributed by atoms with Crippen LogP contribution < -0.4 is 5.32 Å². The van der Waals surface area contributed by atoms with E-state index in [1.807, 2.05) is 32.0 Å². The molecule has 0 fully saturated rings. The van der Waals surface area contributed by atoms with Crippen molar-refractivity contribution in [3.8, 4) is 0 Å². The van der Waals surface area contributed by atoms with Crippen LogP contribution >= 0.6 is 0 Å². The first-order chi connectivity index (χ1) is 9.95. The molecular formula is C16H18N2O3. The molecule has 2 aromatic rings. The van der Waals surface area contributed by atoms with Crippen molar-refractivity contribution in [3.63, 3.8) is 0 Å². The third kappa shape index (κ3) is 4.03. The normalized spacial score (nSPS) is 12.0. The summed E-state index contributed by atoms with van der Waals surface area (Å²) in [5, 5.41) is 22.0. The van der Waals surface area contributed by atoms with Gasteiger partial charge in [-0.2, -0.15) is 0 Å². The van der Waals surface area contributed by atoms with Crippen molar-refractivity contribution in [1.82, 2.24) is 4.98 Å². The summed E-state index contributed by atoms with van der Waals surface area (Å²) in [7, 11) is 0. The maximum absolute atomic E-state index is 10.8. The first-order valence-electron chi connectivity index (χ1n) is 6.66. The van der Waals surface area contributed by atoms with Crippen LogP contribution in [0, 0.1) is 13.8 Å². The number of benzene rings is 1. The molecule has 2 rings (SSSR count). The molecule has 21 heavy (non-hydrogen) atoms. The molecule has 1 atom stereocenters. The van der Waals surface area contributed by atoms with Crippen molar-refractivity contribution in [1.29, 1.82) is 0 Å². The summed E-state index contributed by atoms with van der Waals surface area (Å²) < 4.78 is 0. The summed E-state index contributed by atoms with van der Waals surface area (Å²) in [6.07, 6.45) is -0.682. The third-order valence-electron chi connectivity index (χ3n) is 3.07. The Bertz CT molecular complexity index is 635. The van der Waals surface area contributed by atoms with Gasteiger partial charge in [-0.25, -0.2) is 9.78 Å². The molecular weight excluding hydrogens is 268 g/mol. The largest absolute Gasteiger partial charge is 0.477 e. The summed E-state index contributed by atoms with van der Waals surface area (Å²) in [4.78, 5) is 14.8. The fraction of sp³-hybridized carbons (Fsp3) is 0.250. The van der Waals surface area contributed by atoms with Gasteiger partial charge in [0.15, 0.2) is 5.69 Å². The Morgan fingerprint density at radius 2 is 1.90 bits per heavy atom. The highest BCUT2D eigenvalue weighted by Gasteiger charge is 2.10. The van der Waals surface area contributed by atoms with E-state index in [0.717, 1.165) is 16.7 Å². The second-order valence-electron chi connectivity index (χ2n) is 5.03. The molecule has 1 unspecified atom stereocenters. The zero-order chi connectivity index (χ0) is 15.4. The van der Waals surface area contributed by atoms with Crippen LogP contribution in [0.15, 0.2) is 36.4 Å². The van der Waals surface area contributed by atoms with E-state index in [1.54, 1.807) is 12.1 Å². The Kier molecular flexibility index (Phi) is 4.55. The van der Waals surface area contributed by atoms with Crippen molar-refractivity contribution in [3.05, 3.63) is 58.8 Å². The van der Waals surface area contributed by atoms with E-state index < -0.39 is 12.1 Å². The summed E-state index contributed by atoms with van der Waals surface area (Å²) in [5.41, 5.74) is 2.99. The molecule has 0 aliphatic rings. The topological polar surface area (TPSA) is 82.5 Å². The number of anilines is 1. The lowest BCUT2D eigenvalue weighted by molar-refractivity contribution is 0.0690. The SMILES string of the molecule is Cc1cc(C)cc(C(O)CNc2cccc(C(=O)O)n2)c1. The number of carboxylic acids is 1. The number of aliphatic hydroxyl groups excluding tert-OH is 1.